The van der Waals surface area contributed by atoms with Gasteiger partial charge in [-0.25, -0.2) is 0 Å². The van der Waals surface area contributed by atoms with Crippen LogP contribution in [0.4, 0.5) is 11.4 Å². The molecule has 0 unspecified atom stereocenters. The number of hydrogen-bond donors (Lipinski definition) is 6. The van der Waals surface area contributed by atoms with Crippen molar-refractivity contribution in [1.82, 2.24) is 0 Å². The van der Waals surface area contributed by atoms with Crippen LogP contribution < -0.4 is 22.9 Å². The molecule has 0 bridgehead atoms. The van der Waals surface area contributed by atoms with Crippen LogP contribution in [0.5, 0.6) is 0 Å². The number of anilines is 2. The Labute approximate surface area is 128 Å². The fraction of sp³-hybridized carbons (Fsp3) is 0. The zero-order valence-electron chi connectivity index (χ0n) is 11.9. The highest BCUT2D eigenvalue weighted by Crippen LogP contribution is 2.18. The van der Waals surface area contributed by atoms with Crippen LogP contribution in [0.1, 0.15) is 22.3 Å². The van der Waals surface area contributed by atoms with E-state index in [-0.39, 0.29) is 11.7 Å². The largest absolute Gasteiger partial charge is 0.398 e. The smallest absolute Gasteiger partial charge is 0.124 e. The predicted molar refractivity (Wildman–Crippen MR) is 92.7 cm³/mol. The topological polar surface area (TPSA) is 152 Å². The summed E-state index contributed by atoms with van der Waals surface area (Å²) in [5.74, 6) is -0.110. The molecule has 22 heavy (non-hydrogen) atoms. The molecule has 2 aromatic carbocycles. The van der Waals surface area contributed by atoms with Gasteiger partial charge in [-0.05, 0) is 35.4 Å². The molecule has 0 aliphatic carbocycles. The molecule has 0 aliphatic heterocycles. The SMILES string of the molecule is N=C(N)c1ccc(/C=C/c2ccc(C(=N)N)c(N)c2)cc1N. The van der Waals surface area contributed by atoms with E-state index in [1.165, 1.54) is 0 Å². The van der Waals surface area contributed by atoms with Gasteiger partial charge >= 0.3 is 0 Å². The van der Waals surface area contributed by atoms with Crippen LogP contribution in [0.3, 0.4) is 0 Å². The normalized spacial score (nSPS) is 10.7. The molecule has 0 aromatic heterocycles. The Morgan fingerprint density at radius 3 is 1.36 bits per heavy atom. The van der Waals surface area contributed by atoms with Gasteiger partial charge in [-0.15, -0.1) is 0 Å². The van der Waals surface area contributed by atoms with Crippen molar-refractivity contribution >= 4 is 35.2 Å². The lowest BCUT2D eigenvalue weighted by Crippen LogP contribution is -2.13. The summed E-state index contributed by atoms with van der Waals surface area (Å²) in [5, 5.41) is 14.8. The standard InChI is InChI=1S/C16H18N6/c17-13-7-9(3-5-11(13)15(19)20)1-2-10-4-6-12(16(21)22)14(18)8-10/h1-8H,17-18H2,(H3,19,20)(H3,21,22)/b2-1+. The van der Waals surface area contributed by atoms with Crippen LogP contribution in [-0.4, -0.2) is 11.7 Å². The lowest BCUT2D eigenvalue weighted by atomic mass is 10.1. The minimum atomic E-state index is -0.0550. The number of nitrogen functional groups attached to an aromatic ring is 4. The van der Waals surface area contributed by atoms with E-state index >= 15 is 0 Å². The van der Waals surface area contributed by atoms with Crippen molar-refractivity contribution in [2.45, 2.75) is 0 Å². The van der Waals surface area contributed by atoms with E-state index in [9.17, 15) is 0 Å². The molecule has 2 aromatic rings. The van der Waals surface area contributed by atoms with Crippen LogP contribution in [0.2, 0.25) is 0 Å². The van der Waals surface area contributed by atoms with E-state index in [4.69, 9.17) is 33.8 Å². The first-order chi connectivity index (χ1) is 10.4. The van der Waals surface area contributed by atoms with Gasteiger partial charge in [0, 0.05) is 22.5 Å². The first-order valence-electron chi connectivity index (χ1n) is 6.54. The Kier molecular flexibility index (Phi) is 4.13. The average Bonchev–Trinajstić information content (AvgIpc) is 2.44. The van der Waals surface area contributed by atoms with E-state index in [2.05, 4.69) is 0 Å². The molecule has 0 saturated heterocycles. The average molecular weight is 294 g/mol. The molecule has 0 aliphatic rings. The van der Waals surface area contributed by atoms with Gasteiger partial charge in [-0.1, -0.05) is 24.3 Å². The van der Waals surface area contributed by atoms with Gasteiger partial charge in [-0.2, -0.15) is 0 Å². The summed E-state index contributed by atoms with van der Waals surface area (Å²) in [6, 6.07) is 10.6. The Hall–Kier alpha value is -3.28. The summed E-state index contributed by atoms with van der Waals surface area (Å²) >= 11 is 0. The third-order valence-electron chi connectivity index (χ3n) is 3.20. The van der Waals surface area contributed by atoms with Crippen molar-refractivity contribution in [3.05, 3.63) is 58.7 Å². The van der Waals surface area contributed by atoms with Gasteiger partial charge in [0.05, 0.1) is 0 Å². The van der Waals surface area contributed by atoms with E-state index in [1.54, 1.807) is 24.3 Å². The number of nitrogens with two attached hydrogens (primary N) is 4. The maximum Gasteiger partial charge on any atom is 0.124 e. The second-order valence-corrected chi connectivity index (χ2v) is 4.85. The fourth-order valence-electron chi connectivity index (χ4n) is 2.05. The molecule has 0 fully saturated rings. The van der Waals surface area contributed by atoms with Gasteiger partial charge < -0.3 is 22.9 Å². The molecule has 0 radical (unpaired) electrons. The molecule has 0 saturated carbocycles. The third-order valence-corrected chi connectivity index (χ3v) is 3.20. The van der Waals surface area contributed by atoms with Crippen molar-refractivity contribution in [1.29, 1.82) is 10.8 Å². The Morgan fingerprint density at radius 1 is 0.727 bits per heavy atom. The van der Waals surface area contributed by atoms with Gasteiger partial charge in [0.25, 0.3) is 0 Å². The number of amidine groups is 2. The van der Waals surface area contributed by atoms with Crippen molar-refractivity contribution in [3.63, 3.8) is 0 Å². The molecular weight excluding hydrogens is 276 g/mol. The maximum absolute atomic E-state index is 7.40. The number of nitrogens with one attached hydrogen (secondary N) is 2. The van der Waals surface area contributed by atoms with E-state index in [1.807, 2.05) is 24.3 Å². The van der Waals surface area contributed by atoms with Crippen molar-refractivity contribution < 1.29 is 0 Å². The minimum absolute atomic E-state index is 0.0550. The third kappa shape index (κ3) is 3.24. The molecular formula is C16H18N6. The summed E-state index contributed by atoms with van der Waals surface area (Å²) < 4.78 is 0. The summed E-state index contributed by atoms with van der Waals surface area (Å²) in [5.41, 5.74) is 26.3. The van der Waals surface area contributed by atoms with Crippen LogP contribution in [0.25, 0.3) is 12.2 Å². The molecule has 0 spiro atoms. The van der Waals surface area contributed by atoms with Crippen LogP contribution in [0.15, 0.2) is 36.4 Å². The highest BCUT2D eigenvalue weighted by atomic mass is 14.7. The van der Waals surface area contributed by atoms with Gasteiger partial charge in [-0.3, -0.25) is 10.8 Å². The quantitative estimate of drug-likeness (QED) is 0.219. The molecule has 2 rings (SSSR count). The first-order valence-corrected chi connectivity index (χ1v) is 6.54. The molecule has 0 amide bonds. The summed E-state index contributed by atoms with van der Waals surface area (Å²) in [4.78, 5) is 0. The highest BCUT2D eigenvalue weighted by Gasteiger charge is 2.03. The minimum Gasteiger partial charge on any atom is -0.398 e. The number of rotatable bonds is 4. The van der Waals surface area contributed by atoms with Crippen molar-refractivity contribution in [3.8, 4) is 0 Å². The zero-order chi connectivity index (χ0) is 16.3. The van der Waals surface area contributed by atoms with Crippen LogP contribution in [0, 0.1) is 10.8 Å². The molecule has 112 valence electrons. The monoisotopic (exact) mass is 294 g/mol. The number of benzene rings is 2. The molecule has 10 N–H and O–H groups in total. The fourth-order valence-corrected chi connectivity index (χ4v) is 2.05. The summed E-state index contributed by atoms with van der Waals surface area (Å²) in [7, 11) is 0. The van der Waals surface area contributed by atoms with E-state index < -0.39 is 0 Å². The Morgan fingerprint density at radius 2 is 1.09 bits per heavy atom. The molecule has 0 heterocycles. The first kappa shape index (κ1) is 15.1. The number of hydrogen-bond acceptors (Lipinski definition) is 4. The van der Waals surface area contributed by atoms with Gasteiger partial charge in [0.15, 0.2) is 0 Å². The molecule has 6 nitrogen and oxygen atoms in total. The molecule has 0 atom stereocenters. The maximum atomic E-state index is 7.40. The van der Waals surface area contributed by atoms with Gasteiger partial charge in [0.2, 0.25) is 0 Å². The Balaban J connectivity index is 2.25. The van der Waals surface area contributed by atoms with Crippen molar-refractivity contribution in [2.75, 3.05) is 11.5 Å². The lowest BCUT2D eigenvalue weighted by Gasteiger charge is -2.05. The summed E-state index contributed by atoms with van der Waals surface area (Å²) in [6.45, 7) is 0. The second kappa shape index (κ2) is 6.01. The Bertz CT molecular complexity index is 711. The molecule has 6 heteroatoms. The zero-order valence-corrected chi connectivity index (χ0v) is 11.9. The lowest BCUT2D eigenvalue weighted by molar-refractivity contribution is 1.42. The van der Waals surface area contributed by atoms with Gasteiger partial charge in [0.1, 0.15) is 11.7 Å². The van der Waals surface area contributed by atoms with Crippen LogP contribution in [-0.2, 0) is 0 Å². The van der Waals surface area contributed by atoms with Crippen LogP contribution >= 0.6 is 0 Å². The van der Waals surface area contributed by atoms with E-state index in [0.29, 0.717) is 22.5 Å². The van der Waals surface area contributed by atoms with Crippen molar-refractivity contribution in [2.24, 2.45) is 11.5 Å². The second-order valence-electron chi connectivity index (χ2n) is 4.85. The predicted octanol–water partition coefficient (Wildman–Crippen LogP) is 1.59. The van der Waals surface area contributed by atoms with E-state index in [0.717, 1.165) is 11.1 Å². The highest BCUT2D eigenvalue weighted by molar-refractivity contribution is 6.01. The summed E-state index contributed by atoms with van der Waals surface area (Å²) in [6.07, 6.45) is 3.75.